The summed E-state index contributed by atoms with van der Waals surface area (Å²) in [6.07, 6.45) is 1.84. The molecule has 1 N–H and O–H groups in total. The number of carbonyl (C=O) groups excluding carboxylic acids is 2. The number of nitrogens with one attached hydrogen (secondary N) is 1. The van der Waals surface area contributed by atoms with Gasteiger partial charge in [-0.1, -0.05) is 42.5 Å². The number of carbonyl (C=O) groups is 2. The molecule has 5 nitrogen and oxygen atoms in total. The lowest BCUT2D eigenvalue weighted by atomic mass is 9.95. The molecular weight excluding hydrogens is 352 g/mol. The van der Waals surface area contributed by atoms with Crippen LogP contribution in [0.2, 0.25) is 0 Å². The summed E-state index contributed by atoms with van der Waals surface area (Å²) in [5.74, 6) is 0.927. The Kier molecular flexibility index (Phi) is 6.69. The van der Waals surface area contributed by atoms with Gasteiger partial charge < -0.3 is 15.0 Å². The Balaban J connectivity index is 1.47. The van der Waals surface area contributed by atoms with Crippen molar-refractivity contribution in [3.8, 4) is 5.75 Å². The zero-order chi connectivity index (χ0) is 19.9. The summed E-state index contributed by atoms with van der Waals surface area (Å²) in [6.45, 7) is 3.76. The van der Waals surface area contributed by atoms with Crippen molar-refractivity contribution in [3.63, 3.8) is 0 Å². The van der Waals surface area contributed by atoms with Crippen LogP contribution < -0.4 is 10.1 Å². The molecule has 0 bridgehead atoms. The van der Waals surface area contributed by atoms with Crippen molar-refractivity contribution in [1.82, 2.24) is 10.2 Å². The van der Waals surface area contributed by atoms with Crippen molar-refractivity contribution in [2.24, 2.45) is 5.92 Å². The molecule has 28 heavy (non-hydrogen) atoms. The van der Waals surface area contributed by atoms with Crippen molar-refractivity contribution in [2.75, 3.05) is 20.2 Å². The monoisotopic (exact) mass is 380 g/mol. The van der Waals surface area contributed by atoms with Crippen LogP contribution in [0.5, 0.6) is 5.75 Å². The number of rotatable bonds is 6. The average Bonchev–Trinajstić information content (AvgIpc) is 2.74. The van der Waals surface area contributed by atoms with E-state index in [4.69, 9.17) is 4.74 Å². The quantitative estimate of drug-likeness (QED) is 0.838. The lowest BCUT2D eigenvalue weighted by molar-refractivity contribution is -0.135. The summed E-state index contributed by atoms with van der Waals surface area (Å²) < 4.78 is 5.33. The smallest absolute Gasteiger partial charge is 0.226 e. The standard InChI is InChI=1S/C23H28N2O3/c1-17-7-3-4-8-19(17)15-22(26)25-13-11-18(12-14-25)23(27)24-16-20-9-5-6-10-21(20)28-2/h3-10,18H,11-16H2,1-2H3,(H,24,27). The van der Waals surface area contributed by atoms with Gasteiger partial charge in [-0.25, -0.2) is 0 Å². The Hall–Kier alpha value is -2.82. The molecule has 0 radical (unpaired) electrons. The fourth-order valence-corrected chi connectivity index (χ4v) is 3.65. The van der Waals surface area contributed by atoms with Gasteiger partial charge >= 0.3 is 0 Å². The molecule has 1 aliphatic heterocycles. The van der Waals surface area contributed by atoms with E-state index in [1.807, 2.05) is 60.4 Å². The summed E-state index contributed by atoms with van der Waals surface area (Å²) >= 11 is 0. The minimum absolute atomic E-state index is 0.0442. The van der Waals surface area contributed by atoms with Gasteiger partial charge in [-0.2, -0.15) is 0 Å². The van der Waals surface area contributed by atoms with Gasteiger partial charge in [0.25, 0.3) is 0 Å². The average molecular weight is 380 g/mol. The zero-order valence-corrected chi connectivity index (χ0v) is 16.6. The highest BCUT2D eigenvalue weighted by atomic mass is 16.5. The van der Waals surface area contributed by atoms with Gasteiger partial charge in [0, 0.05) is 31.1 Å². The molecule has 2 amide bonds. The van der Waals surface area contributed by atoms with Gasteiger partial charge in [-0.15, -0.1) is 0 Å². The first-order valence-corrected chi connectivity index (χ1v) is 9.80. The maximum atomic E-state index is 12.6. The molecule has 1 fully saturated rings. The van der Waals surface area contributed by atoms with E-state index in [0.29, 0.717) is 38.9 Å². The minimum Gasteiger partial charge on any atom is -0.496 e. The fraction of sp³-hybridized carbons (Fsp3) is 0.391. The van der Waals surface area contributed by atoms with Gasteiger partial charge in [0.2, 0.25) is 11.8 Å². The van der Waals surface area contributed by atoms with Crippen molar-refractivity contribution >= 4 is 11.8 Å². The molecule has 0 atom stereocenters. The van der Waals surface area contributed by atoms with Crippen LogP contribution >= 0.6 is 0 Å². The predicted molar refractivity (Wildman–Crippen MR) is 109 cm³/mol. The Morgan fingerprint density at radius 3 is 2.36 bits per heavy atom. The molecule has 0 unspecified atom stereocenters. The number of likely N-dealkylation sites (tertiary alicyclic amines) is 1. The zero-order valence-electron chi connectivity index (χ0n) is 16.6. The van der Waals surface area contributed by atoms with E-state index in [9.17, 15) is 9.59 Å². The minimum atomic E-state index is -0.0442. The third-order valence-corrected chi connectivity index (χ3v) is 5.47. The van der Waals surface area contributed by atoms with Crippen LogP contribution in [0, 0.1) is 12.8 Å². The molecule has 0 saturated carbocycles. The van der Waals surface area contributed by atoms with Crippen LogP contribution in [-0.2, 0) is 22.6 Å². The number of para-hydroxylation sites is 1. The molecule has 1 heterocycles. The molecule has 2 aromatic carbocycles. The molecule has 2 aromatic rings. The molecule has 5 heteroatoms. The molecule has 1 aliphatic rings. The SMILES string of the molecule is COc1ccccc1CNC(=O)C1CCN(C(=O)Cc2ccccc2C)CC1. The highest BCUT2D eigenvalue weighted by molar-refractivity contribution is 5.81. The number of hydrogen-bond donors (Lipinski definition) is 1. The molecule has 148 valence electrons. The van der Waals surface area contributed by atoms with Crippen LogP contribution in [0.25, 0.3) is 0 Å². The van der Waals surface area contributed by atoms with Crippen LogP contribution in [0.3, 0.4) is 0 Å². The number of methoxy groups -OCH3 is 1. The van der Waals surface area contributed by atoms with Crippen LogP contribution in [0.4, 0.5) is 0 Å². The van der Waals surface area contributed by atoms with E-state index in [0.717, 1.165) is 22.4 Å². The van der Waals surface area contributed by atoms with Gasteiger partial charge in [0.1, 0.15) is 5.75 Å². The summed E-state index contributed by atoms with van der Waals surface area (Å²) in [4.78, 5) is 27.0. The number of nitrogens with zero attached hydrogens (tertiary/aromatic N) is 1. The van der Waals surface area contributed by atoms with E-state index in [1.54, 1.807) is 7.11 Å². The summed E-state index contributed by atoms with van der Waals surface area (Å²) in [5.41, 5.74) is 3.18. The normalized spacial score (nSPS) is 14.6. The number of piperidine rings is 1. The summed E-state index contributed by atoms with van der Waals surface area (Å²) in [5, 5.41) is 3.01. The lowest BCUT2D eigenvalue weighted by Gasteiger charge is -2.31. The van der Waals surface area contributed by atoms with Crippen molar-refractivity contribution in [2.45, 2.75) is 32.7 Å². The number of hydrogen-bond acceptors (Lipinski definition) is 3. The molecule has 0 spiro atoms. The molecule has 1 saturated heterocycles. The molecule has 0 aliphatic carbocycles. The first kappa shape index (κ1) is 19.9. The number of aryl methyl sites for hydroxylation is 1. The van der Waals surface area contributed by atoms with E-state index >= 15 is 0 Å². The first-order valence-electron chi connectivity index (χ1n) is 9.80. The maximum Gasteiger partial charge on any atom is 0.226 e. The van der Waals surface area contributed by atoms with Gasteiger partial charge in [-0.05, 0) is 37.0 Å². The van der Waals surface area contributed by atoms with Gasteiger partial charge in [-0.3, -0.25) is 9.59 Å². The first-order chi connectivity index (χ1) is 13.6. The third-order valence-electron chi connectivity index (χ3n) is 5.47. The second-order valence-corrected chi connectivity index (χ2v) is 7.29. The van der Waals surface area contributed by atoms with Crippen LogP contribution in [-0.4, -0.2) is 36.9 Å². The Morgan fingerprint density at radius 2 is 1.68 bits per heavy atom. The maximum absolute atomic E-state index is 12.6. The molecule has 0 aromatic heterocycles. The highest BCUT2D eigenvalue weighted by Crippen LogP contribution is 2.21. The molecular formula is C23H28N2O3. The second-order valence-electron chi connectivity index (χ2n) is 7.29. The third kappa shape index (κ3) is 4.91. The Bertz CT molecular complexity index is 826. The van der Waals surface area contributed by atoms with Crippen molar-refractivity contribution in [3.05, 3.63) is 65.2 Å². The van der Waals surface area contributed by atoms with Crippen LogP contribution in [0.15, 0.2) is 48.5 Å². The topological polar surface area (TPSA) is 58.6 Å². The van der Waals surface area contributed by atoms with Crippen LogP contribution in [0.1, 0.15) is 29.5 Å². The van der Waals surface area contributed by atoms with Gasteiger partial charge in [0.15, 0.2) is 0 Å². The summed E-state index contributed by atoms with van der Waals surface area (Å²) in [6, 6.07) is 15.7. The largest absolute Gasteiger partial charge is 0.496 e. The van der Waals surface area contributed by atoms with Crippen molar-refractivity contribution in [1.29, 1.82) is 0 Å². The second kappa shape index (κ2) is 9.40. The van der Waals surface area contributed by atoms with Crippen molar-refractivity contribution < 1.29 is 14.3 Å². The highest BCUT2D eigenvalue weighted by Gasteiger charge is 2.27. The van der Waals surface area contributed by atoms with E-state index in [-0.39, 0.29) is 17.7 Å². The van der Waals surface area contributed by atoms with E-state index < -0.39 is 0 Å². The Morgan fingerprint density at radius 1 is 1.04 bits per heavy atom. The number of ether oxygens (including phenoxy) is 1. The molecule has 3 rings (SSSR count). The number of amides is 2. The fourth-order valence-electron chi connectivity index (χ4n) is 3.65. The Labute approximate surface area is 166 Å². The lowest BCUT2D eigenvalue weighted by Crippen LogP contribution is -2.43. The van der Waals surface area contributed by atoms with E-state index in [1.165, 1.54) is 0 Å². The van der Waals surface area contributed by atoms with Gasteiger partial charge in [0.05, 0.1) is 13.5 Å². The van der Waals surface area contributed by atoms with E-state index in [2.05, 4.69) is 5.32 Å². The predicted octanol–water partition coefficient (Wildman–Crippen LogP) is 3.10. The number of benzene rings is 2. The summed E-state index contributed by atoms with van der Waals surface area (Å²) in [7, 11) is 1.63.